The lowest BCUT2D eigenvalue weighted by atomic mass is 10.2. The highest BCUT2D eigenvalue weighted by Gasteiger charge is 2.18. The molecule has 1 aliphatic rings. The molecule has 1 fully saturated rings. The minimum atomic E-state index is -0.334. The molecule has 0 spiro atoms. The van der Waals surface area contributed by atoms with E-state index in [-0.39, 0.29) is 11.7 Å². The van der Waals surface area contributed by atoms with Crippen LogP contribution >= 0.6 is 11.6 Å². The molecule has 1 heterocycles. The van der Waals surface area contributed by atoms with Gasteiger partial charge < -0.3 is 15.1 Å². The molecule has 1 saturated heterocycles. The van der Waals surface area contributed by atoms with E-state index in [1.54, 1.807) is 24.3 Å². The van der Waals surface area contributed by atoms with E-state index in [4.69, 9.17) is 11.6 Å². The van der Waals surface area contributed by atoms with Crippen LogP contribution in [-0.4, -0.2) is 44.0 Å². The fourth-order valence-corrected chi connectivity index (χ4v) is 3.06. The second-order valence-corrected chi connectivity index (χ2v) is 6.77. The molecule has 4 nitrogen and oxygen atoms in total. The molecule has 0 aromatic heterocycles. The Labute approximate surface area is 157 Å². The minimum absolute atomic E-state index is 0.285. The Bertz CT molecular complexity index is 816. The van der Waals surface area contributed by atoms with Gasteiger partial charge in [0.15, 0.2) is 0 Å². The van der Waals surface area contributed by atoms with Crippen LogP contribution < -0.4 is 10.2 Å². The molecule has 2 aromatic carbocycles. The number of halogens is 2. The Morgan fingerprint density at radius 2 is 1.92 bits per heavy atom. The van der Waals surface area contributed by atoms with Crippen molar-refractivity contribution in [3.63, 3.8) is 0 Å². The van der Waals surface area contributed by atoms with Crippen LogP contribution in [0, 0.1) is 5.82 Å². The summed E-state index contributed by atoms with van der Waals surface area (Å²) in [7, 11) is 2.10. The quantitative estimate of drug-likeness (QED) is 0.826. The van der Waals surface area contributed by atoms with E-state index in [2.05, 4.69) is 22.2 Å². The van der Waals surface area contributed by atoms with Crippen LogP contribution in [0.5, 0.6) is 0 Å². The van der Waals surface area contributed by atoms with Crippen molar-refractivity contribution in [1.29, 1.82) is 0 Å². The predicted molar refractivity (Wildman–Crippen MR) is 105 cm³/mol. The van der Waals surface area contributed by atoms with Crippen molar-refractivity contribution in [1.82, 2.24) is 4.90 Å². The zero-order valence-corrected chi connectivity index (χ0v) is 15.3. The normalized spacial score (nSPS) is 15.4. The molecule has 0 radical (unpaired) electrons. The van der Waals surface area contributed by atoms with Crippen LogP contribution in [0.1, 0.15) is 5.56 Å². The third-order valence-corrected chi connectivity index (χ3v) is 4.57. The Kier molecular flexibility index (Phi) is 5.91. The second kappa shape index (κ2) is 8.34. The number of carbonyl (C=O) groups excluding carboxylic acids is 1. The lowest BCUT2D eigenvalue weighted by Crippen LogP contribution is -2.44. The number of piperazine rings is 1. The fourth-order valence-electron chi connectivity index (χ4n) is 2.89. The number of likely N-dealkylation sites (N-methyl/N-ethyl adjacent to an activating group) is 1. The van der Waals surface area contributed by atoms with E-state index in [1.165, 1.54) is 18.2 Å². The number of carbonyl (C=O) groups is 1. The van der Waals surface area contributed by atoms with Gasteiger partial charge in [-0.2, -0.15) is 0 Å². The summed E-state index contributed by atoms with van der Waals surface area (Å²) in [5, 5.41) is 3.45. The molecule has 0 atom stereocenters. The summed E-state index contributed by atoms with van der Waals surface area (Å²) in [4.78, 5) is 16.8. The Morgan fingerprint density at radius 1 is 1.15 bits per heavy atom. The second-order valence-electron chi connectivity index (χ2n) is 6.33. The van der Waals surface area contributed by atoms with Crippen molar-refractivity contribution < 1.29 is 9.18 Å². The summed E-state index contributed by atoms with van der Waals surface area (Å²) >= 11 is 6.12. The molecule has 136 valence electrons. The fraction of sp³-hybridized carbons (Fsp3) is 0.250. The average Bonchev–Trinajstić information content (AvgIpc) is 2.61. The van der Waals surface area contributed by atoms with Gasteiger partial charge >= 0.3 is 0 Å². The van der Waals surface area contributed by atoms with Crippen LogP contribution in [0.3, 0.4) is 0 Å². The number of nitrogens with one attached hydrogen (secondary N) is 1. The first-order chi connectivity index (χ1) is 12.5. The van der Waals surface area contributed by atoms with E-state index in [0.29, 0.717) is 16.3 Å². The maximum Gasteiger partial charge on any atom is 0.248 e. The molecule has 0 aliphatic carbocycles. The summed E-state index contributed by atoms with van der Waals surface area (Å²) in [5.41, 5.74) is 2.26. The highest BCUT2D eigenvalue weighted by molar-refractivity contribution is 6.31. The molecule has 1 N–H and O–H groups in total. The Hall–Kier alpha value is -2.37. The van der Waals surface area contributed by atoms with Crippen molar-refractivity contribution in [3.8, 4) is 0 Å². The maximum atomic E-state index is 13.2. The standard InChI is InChI=1S/C20H21ClFN3O/c1-24-9-11-25(12-10-24)19-7-6-16(21)14-18(19)23-20(26)8-5-15-3-2-4-17(22)13-15/h2-8,13-14H,9-12H2,1H3,(H,23,26)/b8-5+. The van der Waals surface area contributed by atoms with Crippen LogP contribution in [0.15, 0.2) is 48.5 Å². The van der Waals surface area contributed by atoms with Gasteiger partial charge in [-0.05, 0) is 49.0 Å². The van der Waals surface area contributed by atoms with Gasteiger partial charge in [-0.3, -0.25) is 4.79 Å². The minimum Gasteiger partial charge on any atom is -0.367 e. The first kappa shape index (κ1) is 18.4. The molecule has 1 aliphatic heterocycles. The topological polar surface area (TPSA) is 35.6 Å². The number of benzene rings is 2. The lowest BCUT2D eigenvalue weighted by Gasteiger charge is -2.35. The van der Waals surface area contributed by atoms with E-state index in [9.17, 15) is 9.18 Å². The summed E-state index contributed by atoms with van der Waals surface area (Å²) < 4.78 is 13.2. The number of anilines is 2. The largest absolute Gasteiger partial charge is 0.367 e. The first-order valence-electron chi connectivity index (χ1n) is 8.49. The number of nitrogens with zero attached hydrogens (tertiary/aromatic N) is 2. The van der Waals surface area contributed by atoms with Gasteiger partial charge in [-0.15, -0.1) is 0 Å². The van der Waals surface area contributed by atoms with E-state index < -0.39 is 0 Å². The maximum absolute atomic E-state index is 13.2. The number of rotatable bonds is 4. The highest BCUT2D eigenvalue weighted by Crippen LogP contribution is 2.30. The third kappa shape index (κ3) is 4.84. The molecule has 26 heavy (non-hydrogen) atoms. The first-order valence-corrected chi connectivity index (χ1v) is 8.87. The van der Waals surface area contributed by atoms with Crippen molar-refractivity contribution in [2.24, 2.45) is 0 Å². The highest BCUT2D eigenvalue weighted by atomic mass is 35.5. The van der Waals surface area contributed by atoms with E-state index in [0.717, 1.165) is 31.9 Å². The van der Waals surface area contributed by atoms with Crippen LogP contribution in [0.25, 0.3) is 6.08 Å². The molecule has 6 heteroatoms. The van der Waals surface area contributed by atoms with Crippen molar-refractivity contribution in [2.45, 2.75) is 0 Å². The summed E-state index contributed by atoms with van der Waals surface area (Å²) in [6.07, 6.45) is 2.97. The predicted octanol–water partition coefficient (Wildman–Crippen LogP) is 3.88. The van der Waals surface area contributed by atoms with Crippen LogP contribution in [0.4, 0.5) is 15.8 Å². The number of amides is 1. The molecule has 2 aromatic rings. The molecular weight excluding hydrogens is 353 g/mol. The molecule has 3 rings (SSSR count). The van der Waals surface area contributed by atoms with Gasteiger partial charge in [0.25, 0.3) is 0 Å². The molecule has 0 saturated carbocycles. The number of hydrogen-bond donors (Lipinski definition) is 1. The van der Waals surface area contributed by atoms with Crippen molar-refractivity contribution in [3.05, 3.63) is 64.9 Å². The molecule has 0 unspecified atom stereocenters. The number of hydrogen-bond acceptors (Lipinski definition) is 3. The van der Waals surface area contributed by atoms with Gasteiger partial charge in [-0.25, -0.2) is 4.39 Å². The lowest BCUT2D eigenvalue weighted by molar-refractivity contribution is -0.111. The van der Waals surface area contributed by atoms with Crippen molar-refractivity contribution in [2.75, 3.05) is 43.4 Å². The smallest absolute Gasteiger partial charge is 0.248 e. The van der Waals surface area contributed by atoms with Gasteiger partial charge in [0, 0.05) is 37.3 Å². The SMILES string of the molecule is CN1CCN(c2ccc(Cl)cc2NC(=O)/C=C/c2cccc(F)c2)CC1. The van der Waals surface area contributed by atoms with E-state index in [1.807, 2.05) is 12.1 Å². The van der Waals surface area contributed by atoms with Gasteiger partial charge in [0.05, 0.1) is 11.4 Å². The van der Waals surface area contributed by atoms with Crippen molar-refractivity contribution >= 4 is 35.0 Å². The van der Waals surface area contributed by atoms with Crippen LogP contribution in [-0.2, 0) is 4.79 Å². The zero-order chi connectivity index (χ0) is 18.5. The van der Waals surface area contributed by atoms with Gasteiger partial charge in [-0.1, -0.05) is 23.7 Å². The Balaban J connectivity index is 1.74. The summed E-state index contributed by atoms with van der Waals surface area (Å²) in [6, 6.07) is 11.6. The zero-order valence-electron chi connectivity index (χ0n) is 14.6. The average molecular weight is 374 g/mol. The molecular formula is C20H21ClFN3O. The Morgan fingerprint density at radius 3 is 2.65 bits per heavy atom. The van der Waals surface area contributed by atoms with Gasteiger partial charge in [0.1, 0.15) is 5.82 Å². The summed E-state index contributed by atoms with van der Waals surface area (Å²) in [5.74, 6) is -0.619. The van der Waals surface area contributed by atoms with E-state index >= 15 is 0 Å². The summed E-state index contributed by atoms with van der Waals surface area (Å²) in [6.45, 7) is 3.71. The third-order valence-electron chi connectivity index (χ3n) is 4.34. The monoisotopic (exact) mass is 373 g/mol. The molecule has 1 amide bonds. The van der Waals surface area contributed by atoms with Gasteiger partial charge in [0.2, 0.25) is 5.91 Å². The molecule has 0 bridgehead atoms. The van der Waals surface area contributed by atoms with Crippen LogP contribution in [0.2, 0.25) is 5.02 Å².